The first-order valence-electron chi connectivity index (χ1n) is 5.27. The second-order valence-corrected chi connectivity index (χ2v) is 6.52. The number of hydrogen-bond acceptors (Lipinski definition) is 5. The second-order valence-electron chi connectivity index (χ2n) is 3.72. The van der Waals surface area contributed by atoms with Gasteiger partial charge in [-0.15, -0.1) is 23.7 Å². The van der Waals surface area contributed by atoms with Crippen molar-refractivity contribution in [2.24, 2.45) is 0 Å². The normalized spacial score (nSPS) is 24.5. The van der Waals surface area contributed by atoms with Gasteiger partial charge in [-0.25, -0.2) is 0 Å². The molecule has 2 heterocycles. The maximum atomic E-state index is 11.9. The Balaban J connectivity index is 0.00000144. The molecule has 1 aromatic heterocycles. The van der Waals surface area contributed by atoms with E-state index in [1.807, 2.05) is 17.5 Å². The van der Waals surface area contributed by atoms with Gasteiger partial charge in [-0.3, -0.25) is 4.18 Å². The molecule has 17 heavy (non-hydrogen) atoms. The van der Waals surface area contributed by atoms with Crippen molar-refractivity contribution < 1.29 is 12.6 Å². The van der Waals surface area contributed by atoms with Gasteiger partial charge in [0.05, 0.1) is 6.61 Å². The Morgan fingerprint density at radius 2 is 2.29 bits per heavy atom. The summed E-state index contributed by atoms with van der Waals surface area (Å²) in [7, 11) is -3.44. The minimum absolute atomic E-state index is 0. The first kappa shape index (κ1) is 14.9. The lowest BCUT2D eigenvalue weighted by Gasteiger charge is -2.16. The predicted molar refractivity (Wildman–Crippen MR) is 71.5 cm³/mol. The van der Waals surface area contributed by atoms with Crippen LogP contribution in [0.1, 0.15) is 17.7 Å². The molecule has 1 aliphatic rings. The van der Waals surface area contributed by atoms with E-state index in [9.17, 15) is 8.42 Å². The number of hydrogen-bond donors (Lipinski definition) is 1. The van der Waals surface area contributed by atoms with E-state index in [1.54, 1.807) is 18.3 Å². The third-order valence-electron chi connectivity index (χ3n) is 2.72. The van der Waals surface area contributed by atoms with Crippen LogP contribution in [-0.4, -0.2) is 33.4 Å². The summed E-state index contributed by atoms with van der Waals surface area (Å²) in [6, 6.07) is 3.93. The Bertz CT molecular complexity index is 432. The monoisotopic (exact) mass is 297 g/mol. The molecule has 1 aliphatic heterocycles. The maximum absolute atomic E-state index is 11.9. The largest absolute Gasteiger partial charge is 0.315 e. The molecule has 7 heteroatoms. The fourth-order valence-electron chi connectivity index (χ4n) is 2.00. The van der Waals surface area contributed by atoms with Gasteiger partial charge in [-0.2, -0.15) is 8.42 Å². The summed E-state index contributed by atoms with van der Waals surface area (Å²) in [5.74, 6) is 0.0246. The smallest absolute Gasteiger partial charge is 0.272 e. The van der Waals surface area contributed by atoms with Crippen LogP contribution < -0.4 is 5.32 Å². The minimum atomic E-state index is -3.44. The maximum Gasteiger partial charge on any atom is 0.272 e. The third kappa shape index (κ3) is 3.20. The molecule has 1 N–H and O–H groups in total. The molecule has 1 saturated heterocycles. The number of thiophene rings is 1. The molecule has 0 amide bonds. The van der Waals surface area contributed by atoms with E-state index >= 15 is 0 Å². The fourth-order valence-corrected chi connectivity index (χ4v) is 4.45. The number of rotatable bonds is 4. The lowest BCUT2D eigenvalue weighted by molar-refractivity contribution is 0.330. The zero-order valence-corrected chi connectivity index (χ0v) is 11.9. The Labute approximate surface area is 112 Å². The highest BCUT2D eigenvalue weighted by Crippen LogP contribution is 2.31. The van der Waals surface area contributed by atoms with Crippen LogP contribution in [0.5, 0.6) is 0 Å². The molecule has 2 unspecified atom stereocenters. The van der Waals surface area contributed by atoms with E-state index in [2.05, 4.69) is 5.32 Å². The van der Waals surface area contributed by atoms with E-state index in [-0.39, 0.29) is 24.9 Å². The van der Waals surface area contributed by atoms with Crippen molar-refractivity contribution in [3.05, 3.63) is 22.4 Å². The van der Waals surface area contributed by atoms with Crippen molar-refractivity contribution in [2.75, 3.05) is 19.7 Å². The van der Waals surface area contributed by atoms with Crippen LogP contribution in [-0.2, 0) is 14.3 Å². The standard InChI is InChI=1S/C10H15NO3S2.ClH/c1-2-14-16(12,13)10-7-11-6-8(10)9-4-3-5-15-9;/h3-5,8,10-11H,2,6-7H2,1H3;1H. The van der Waals surface area contributed by atoms with Crippen LogP contribution in [0.2, 0.25) is 0 Å². The van der Waals surface area contributed by atoms with Gasteiger partial charge < -0.3 is 5.32 Å². The van der Waals surface area contributed by atoms with Gasteiger partial charge in [0.25, 0.3) is 10.1 Å². The molecule has 0 aromatic carbocycles. The number of halogens is 1. The summed E-state index contributed by atoms with van der Waals surface area (Å²) < 4.78 is 28.6. The lowest BCUT2D eigenvalue weighted by Crippen LogP contribution is -2.29. The molecule has 2 atom stereocenters. The molecule has 0 spiro atoms. The highest BCUT2D eigenvalue weighted by atomic mass is 35.5. The summed E-state index contributed by atoms with van der Waals surface area (Å²) in [5, 5.41) is 4.64. The average molecular weight is 298 g/mol. The summed E-state index contributed by atoms with van der Waals surface area (Å²) in [4.78, 5) is 1.11. The van der Waals surface area contributed by atoms with Crippen molar-refractivity contribution >= 4 is 33.9 Å². The van der Waals surface area contributed by atoms with E-state index < -0.39 is 15.4 Å². The van der Waals surface area contributed by atoms with Gasteiger partial charge in [0.2, 0.25) is 0 Å². The van der Waals surface area contributed by atoms with Crippen LogP contribution in [0.25, 0.3) is 0 Å². The van der Waals surface area contributed by atoms with Crippen LogP contribution in [0, 0.1) is 0 Å². The molecule has 0 saturated carbocycles. The van der Waals surface area contributed by atoms with Gasteiger partial charge >= 0.3 is 0 Å². The van der Waals surface area contributed by atoms with Crippen molar-refractivity contribution in [1.29, 1.82) is 0 Å². The Hall–Kier alpha value is -0.140. The number of nitrogens with one attached hydrogen (secondary N) is 1. The molecule has 0 aliphatic carbocycles. The van der Waals surface area contributed by atoms with E-state index in [0.29, 0.717) is 13.1 Å². The molecule has 1 aromatic rings. The Morgan fingerprint density at radius 1 is 1.53 bits per heavy atom. The topological polar surface area (TPSA) is 55.4 Å². The van der Waals surface area contributed by atoms with E-state index in [1.165, 1.54) is 0 Å². The molecular formula is C10H16ClNO3S2. The summed E-state index contributed by atoms with van der Waals surface area (Å²) in [6.45, 7) is 3.08. The molecule has 98 valence electrons. The van der Waals surface area contributed by atoms with Gasteiger partial charge in [0.15, 0.2) is 0 Å². The van der Waals surface area contributed by atoms with Crippen LogP contribution >= 0.6 is 23.7 Å². The van der Waals surface area contributed by atoms with Crippen LogP contribution in [0.4, 0.5) is 0 Å². The molecular weight excluding hydrogens is 282 g/mol. The van der Waals surface area contributed by atoms with Gasteiger partial charge in [-0.05, 0) is 18.4 Å². The highest BCUT2D eigenvalue weighted by Gasteiger charge is 2.39. The zero-order chi connectivity index (χ0) is 11.6. The summed E-state index contributed by atoms with van der Waals surface area (Å²) in [5.41, 5.74) is 0. The molecule has 0 radical (unpaired) electrons. The second kappa shape index (κ2) is 6.15. The first-order valence-corrected chi connectivity index (χ1v) is 7.62. The Morgan fingerprint density at radius 3 is 2.88 bits per heavy atom. The fraction of sp³-hybridized carbons (Fsp3) is 0.600. The van der Waals surface area contributed by atoms with E-state index in [0.717, 1.165) is 4.88 Å². The zero-order valence-electron chi connectivity index (χ0n) is 9.46. The first-order chi connectivity index (χ1) is 7.65. The molecule has 0 bridgehead atoms. The van der Waals surface area contributed by atoms with Gasteiger partial charge in [-0.1, -0.05) is 6.07 Å². The quantitative estimate of drug-likeness (QED) is 0.858. The van der Waals surface area contributed by atoms with Crippen LogP contribution in [0.3, 0.4) is 0 Å². The molecule has 2 rings (SSSR count). The third-order valence-corrected chi connectivity index (χ3v) is 5.53. The molecule has 1 fully saturated rings. The summed E-state index contributed by atoms with van der Waals surface area (Å²) >= 11 is 1.60. The van der Waals surface area contributed by atoms with Crippen molar-refractivity contribution in [3.8, 4) is 0 Å². The predicted octanol–water partition coefficient (Wildman–Crippen LogP) is 1.59. The van der Waals surface area contributed by atoms with E-state index in [4.69, 9.17) is 4.18 Å². The highest BCUT2D eigenvalue weighted by molar-refractivity contribution is 7.87. The average Bonchev–Trinajstić information content (AvgIpc) is 2.88. The Kier molecular flexibility index (Phi) is 5.40. The SMILES string of the molecule is CCOS(=O)(=O)C1CNCC1c1cccs1.Cl. The van der Waals surface area contributed by atoms with Gasteiger partial charge in [0, 0.05) is 23.9 Å². The van der Waals surface area contributed by atoms with Gasteiger partial charge in [0.1, 0.15) is 5.25 Å². The summed E-state index contributed by atoms with van der Waals surface area (Å²) in [6.07, 6.45) is 0. The lowest BCUT2D eigenvalue weighted by atomic mass is 10.1. The van der Waals surface area contributed by atoms with Crippen molar-refractivity contribution in [1.82, 2.24) is 5.32 Å². The van der Waals surface area contributed by atoms with Crippen LogP contribution in [0.15, 0.2) is 17.5 Å². The minimum Gasteiger partial charge on any atom is -0.315 e. The van der Waals surface area contributed by atoms with Crippen molar-refractivity contribution in [3.63, 3.8) is 0 Å². The van der Waals surface area contributed by atoms with Crippen molar-refractivity contribution in [2.45, 2.75) is 18.1 Å². The molecule has 4 nitrogen and oxygen atoms in total.